The second kappa shape index (κ2) is 4.60. The van der Waals surface area contributed by atoms with Gasteiger partial charge in [0, 0.05) is 32.6 Å². The van der Waals surface area contributed by atoms with E-state index in [0.29, 0.717) is 11.4 Å². The smallest absolute Gasteiger partial charge is 0.205 e. The summed E-state index contributed by atoms with van der Waals surface area (Å²) in [6, 6.07) is 2.88. The van der Waals surface area contributed by atoms with Crippen molar-refractivity contribution < 1.29 is 9.18 Å². The maximum absolute atomic E-state index is 13.5. The highest BCUT2D eigenvalue weighted by atomic mass is 19.1. The fraction of sp³-hybridized carbons (Fsp3) is 0.231. The molecule has 0 aromatic carbocycles. The lowest BCUT2D eigenvalue weighted by Crippen LogP contribution is -2.06. The molecule has 0 N–H and O–H groups in total. The number of halogens is 1. The standard InChI is InChI=1S/C13H14FN3O/c1-9-12(11(18)6-8-16(2)3)17-7-4-5-10(14)13(17)15-9/h4-8H,1-3H3. The van der Waals surface area contributed by atoms with Gasteiger partial charge in [-0.1, -0.05) is 0 Å². The van der Waals surface area contributed by atoms with Crippen LogP contribution < -0.4 is 0 Å². The second-order valence-corrected chi connectivity index (χ2v) is 4.24. The highest BCUT2D eigenvalue weighted by molar-refractivity contribution is 6.04. The molecule has 0 unspecified atom stereocenters. The van der Waals surface area contributed by atoms with Crippen molar-refractivity contribution in [2.24, 2.45) is 0 Å². The molecule has 0 amide bonds. The van der Waals surface area contributed by atoms with Crippen LogP contribution in [-0.4, -0.2) is 34.2 Å². The minimum atomic E-state index is -0.434. The molecule has 0 bridgehead atoms. The van der Waals surface area contributed by atoms with Gasteiger partial charge in [-0.15, -0.1) is 0 Å². The van der Waals surface area contributed by atoms with Gasteiger partial charge in [0.05, 0.1) is 5.69 Å². The number of hydrogen-bond acceptors (Lipinski definition) is 3. The summed E-state index contributed by atoms with van der Waals surface area (Å²) >= 11 is 0. The molecule has 94 valence electrons. The van der Waals surface area contributed by atoms with Crippen LogP contribution in [0.1, 0.15) is 16.2 Å². The molecule has 2 heterocycles. The maximum Gasteiger partial charge on any atom is 0.205 e. The second-order valence-electron chi connectivity index (χ2n) is 4.24. The van der Waals surface area contributed by atoms with Gasteiger partial charge in [0.15, 0.2) is 11.5 Å². The molecule has 0 fully saturated rings. The summed E-state index contributed by atoms with van der Waals surface area (Å²) in [5.74, 6) is -0.629. The normalized spacial score (nSPS) is 11.3. The Morgan fingerprint density at radius 1 is 1.50 bits per heavy atom. The highest BCUT2D eigenvalue weighted by Crippen LogP contribution is 2.15. The molecule has 0 atom stereocenters. The summed E-state index contributed by atoms with van der Waals surface area (Å²) in [5.41, 5.74) is 1.09. The Labute approximate surface area is 104 Å². The van der Waals surface area contributed by atoms with E-state index in [-0.39, 0.29) is 11.4 Å². The molecule has 2 aromatic rings. The summed E-state index contributed by atoms with van der Waals surface area (Å²) in [7, 11) is 3.65. The first-order chi connectivity index (χ1) is 8.50. The Morgan fingerprint density at radius 3 is 2.89 bits per heavy atom. The van der Waals surface area contributed by atoms with E-state index in [0.717, 1.165) is 0 Å². The van der Waals surface area contributed by atoms with Crippen LogP contribution >= 0.6 is 0 Å². The van der Waals surface area contributed by atoms with Gasteiger partial charge in [-0.05, 0) is 19.1 Å². The molecule has 0 radical (unpaired) electrons. The molecule has 5 heteroatoms. The summed E-state index contributed by atoms with van der Waals surface area (Å²) in [6.45, 7) is 1.70. The topological polar surface area (TPSA) is 37.6 Å². The van der Waals surface area contributed by atoms with Crippen LogP contribution in [0.5, 0.6) is 0 Å². The molecule has 2 aromatic heterocycles. The number of aromatic nitrogens is 2. The number of fused-ring (bicyclic) bond motifs is 1. The van der Waals surface area contributed by atoms with Crippen molar-refractivity contribution in [3.63, 3.8) is 0 Å². The van der Waals surface area contributed by atoms with Gasteiger partial charge in [0.1, 0.15) is 5.69 Å². The zero-order valence-electron chi connectivity index (χ0n) is 10.5. The van der Waals surface area contributed by atoms with Crippen molar-refractivity contribution in [1.82, 2.24) is 14.3 Å². The van der Waals surface area contributed by atoms with Crippen LogP contribution in [0.2, 0.25) is 0 Å². The van der Waals surface area contributed by atoms with Crippen molar-refractivity contribution in [3.8, 4) is 0 Å². The Kier molecular flexibility index (Phi) is 3.14. The van der Waals surface area contributed by atoms with Crippen LogP contribution in [0.15, 0.2) is 30.6 Å². The van der Waals surface area contributed by atoms with Crippen LogP contribution in [0.4, 0.5) is 4.39 Å². The first-order valence-electron chi connectivity index (χ1n) is 5.53. The molecular formula is C13H14FN3O. The molecular weight excluding hydrogens is 233 g/mol. The van der Waals surface area contributed by atoms with Crippen molar-refractivity contribution in [3.05, 3.63) is 47.8 Å². The van der Waals surface area contributed by atoms with E-state index in [1.165, 1.54) is 16.5 Å². The van der Waals surface area contributed by atoms with Crippen molar-refractivity contribution in [1.29, 1.82) is 0 Å². The molecule has 0 aliphatic carbocycles. The zero-order chi connectivity index (χ0) is 13.3. The van der Waals surface area contributed by atoms with Gasteiger partial charge in [0.25, 0.3) is 0 Å². The maximum atomic E-state index is 13.5. The summed E-state index contributed by atoms with van der Waals surface area (Å²) in [4.78, 5) is 17.9. The number of allylic oxidation sites excluding steroid dienone is 1. The molecule has 18 heavy (non-hydrogen) atoms. The summed E-state index contributed by atoms with van der Waals surface area (Å²) in [6.07, 6.45) is 4.73. The third kappa shape index (κ3) is 2.11. The first kappa shape index (κ1) is 12.3. The van der Waals surface area contributed by atoms with Crippen LogP contribution in [-0.2, 0) is 0 Å². The molecule has 0 saturated carbocycles. The summed E-state index contributed by atoms with van der Waals surface area (Å²) < 4.78 is 15.0. The minimum absolute atomic E-state index is 0.177. The Morgan fingerprint density at radius 2 is 2.22 bits per heavy atom. The lowest BCUT2D eigenvalue weighted by Gasteiger charge is -2.03. The molecule has 0 saturated heterocycles. The Bertz CT molecular complexity index is 628. The SMILES string of the molecule is Cc1nc2c(F)cccn2c1C(=O)C=CN(C)C. The molecule has 4 nitrogen and oxygen atoms in total. The third-order valence-corrected chi connectivity index (χ3v) is 2.53. The van der Waals surface area contributed by atoms with E-state index >= 15 is 0 Å². The minimum Gasteiger partial charge on any atom is -0.383 e. The van der Waals surface area contributed by atoms with Gasteiger partial charge in [-0.25, -0.2) is 9.37 Å². The van der Waals surface area contributed by atoms with Crippen molar-refractivity contribution in [2.75, 3.05) is 14.1 Å². The number of imidazole rings is 1. The van der Waals surface area contributed by atoms with E-state index in [4.69, 9.17) is 0 Å². The monoisotopic (exact) mass is 247 g/mol. The Hall–Kier alpha value is -2.17. The number of carbonyl (C=O) groups is 1. The van der Waals surface area contributed by atoms with Crippen molar-refractivity contribution in [2.45, 2.75) is 6.92 Å². The van der Waals surface area contributed by atoms with Crippen molar-refractivity contribution >= 4 is 11.4 Å². The van der Waals surface area contributed by atoms with E-state index in [1.807, 2.05) is 14.1 Å². The lowest BCUT2D eigenvalue weighted by molar-refractivity contribution is 0.104. The fourth-order valence-corrected chi connectivity index (χ4v) is 1.74. The number of pyridine rings is 1. The molecule has 0 spiro atoms. The van der Waals surface area contributed by atoms with E-state index < -0.39 is 5.82 Å². The van der Waals surface area contributed by atoms with Gasteiger partial charge in [-0.2, -0.15) is 0 Å². The van der Waals surface area contributed by atoms with Crippen LogP contribution in [0.25, 0.3) is 5.65 Å². The van der Waals surface area contributed by atoms with E-state index in [2.05, 4.69) is 4.98 Å². The molecule has 0 aliphatic heterocycles. The third-order valence-electron chi connectivity index (χ3n) is 2.53. The lowest BCUT2D eigenvalue weighted by atomic mass is 10.2. The number of rotatable bonds is 3. The number of ketones is 1. The average molecular weight is 247 g/mol. The predicted molar refractivity (Wildman–Crippen MR) is 67.0 cm³/mol. The van der Waals surface area contributed by atoms with Gasteiger partial charge >= 0.3 is 0 Å². The number of hydrogen-bond donors (Lipinski definition) is 0. The average Bonchev–Trinajstić information content (AvgIpc) is 2.64. The molecule has 2 rings (SSSR count). The quantitative estimate of drug-likeness (QED) is 0.615. The number of carbonyl (C=O) groups excluding carboxylic acids is 1. The predicted octanol–water partition coefficient (Wildman–Crippen LogP) is 2.04. The molecule has 0 aliphatic rings. The largest absolute Gasteiger partial charge is 0.383 e. The van der Waals surface area contributed by atoms with Crippen LogP contribution in [0, 0.1) is 12.7 Å². The number of aryl methyl sites for hydroxylation is 1. The van der Waals surface area contributed by atoms with Gasteiger partial charge in [-0.3, -0.25) is 9.20 Å². The van der Waals surface area contributed by atoms with E-state index in [9.17, 15) is 9.18 Å². The van der Waals surface area contributed by atoms with Gasteiger partial charge < -0.3 is 4.90 Å². The Balaban J connectivity index is 2.54. The fourth-order valence-electron chi connectivity index (χ4n) is 1.74. The number of nitrogens with zero attached hydrogens (tertiary/aromatic N) is 3. The first-order valence-corrected chi connectivity index (χ1v) is 5.53. The summed E-state index contributed by atoms with van der Waals surface area (Å²) in [5, 5.41) is 0. The van der Waals surface area contributed by atoms with Crippen LogP contribution in [0.3, 0.4) is 0 Å². The zero-order valence-corrected chi connectivity index (χ0v) is 10.5. The van der Waals surface area contributed by atoms with Gasteiger partial charge in [0.2, 0.25) is 5.78 Å². The highest BCUT2D eigenvalue weighted by Gasteiger charge is 2.16. The van der Waals surface area contributed by atoms with E-state index in [1.54, 1.807) is 30.3 Å².